The minimum absolute atomic E-state index is 0.195. The molecule has 9 heteroatoms. The Labute approximate surface area is 164 Å². The fraction of sp³-hybridized carbons (Fsp3) is 0.444. The summed E-state index contributed by atoms with van der Waals surface area (Å²) >= 11 is 6.58. The van der Waals surface area contributed by atoms with Crippen molar-refractivity contribution in [3.63, 3.8) is 0 Å². The lowest BCUT2D eigenvalue weighted by atomic mass is 10.0. The van der Waals surface area contributed by atoms with Gasteiger partial charge in [0.1, 0.15) is 5.82 Å². The minimum atomic E-state index is -3.37. The van der Waals surface area contributed by atoms with Gasteiger partial charge in [-0.05, 0) is 43.5 Å². The number of anilines is 2. The second kappa shape index (κ2) is 7.61. The van der Waals surface area contributed by atoms with Gasteiger partial charge in [0.15, 0.2) is 9.84 Å². The van der Waals surface area contributed by atoms with Gasteiger partial charge in [0.25, 0.3) is 0 Å². The Hall–Kier alpha value is -1.90. The summed E-state index contributed by atoms with van der Waals surface area (Å²) in [7, 11) is -3.37. The second-order valence-corrected chi connectivity index (χ2v) is 9.17. The largest absolute Gasteiger partial charge is 0.379 e. The Morgan fingerprint density at radius 1 is 1.26 bits per heavy atom. The Bertz CT molecular complexity index is 945. The van der Waals surface area contributed by atoms with E-state index < -0.39 is 9.84 Å². The SMILES string of the molecule is Cc1cc(N2CCCOCC2c2cc(S(C)(=O)=O)cc(C)c2Cl)nc(N)n1. The van der Waals surface area contributed by atoms with E-state index in [2.05, 4.69) is 14.9 Å². The van der Waals surface area contributed by atoms with E-state index in [-0.39, 0.29) is 16.9 Å². The molecule has 0 aliphatic carbocycles. The van der Waals surface area contributed by atoms with Crippen LogP contribution in [-0.4, -0.2) is 44.4 Å². The number of ether oxygens (including phenoxy) is 1. The van der Waals surface area contributed by atoms with Crippen LogP contribution in [0.4, 0.5) is 11.8 Å². The molecule has 0 amide bonds. The average Bonchev–Trinajstić information content (AvgIpc) is 2.81. The molecule has 2 heterocycles. The van der Waals surface area contributed by atoms with Gasteiger partial charge in [-0.1, -0.05) is 11.6 Å². The van der Waals surface area contributed by atoms with Crippen LogP contribution in [0, 0.1) is 13.8 Å². The Balaban J connectivity index is 2.15. The van der Waals surface area contributed by atoms with Crippen molar-refractivity contribution >= 4 is 33.2 Å². The fourth-order valence-electron chi connectivity index (χ4n) is 3.25. The summed E-state index contributed by atoms with van der Waals surface area (Å²) in [5, 5.41) is 0.529. The maximum Gasteiger partial charge on any atom is 0.222 e. The second-order valence-electron chi connectivity index (χ2n) is 6.78. The summed E-state index contributed by atoms with van der Waals surface area (Å²) in [6.07, 6.45) is 2.00. The van der Waals surface area contributed by atoms with Crippen LogP contribution < -0.4 is 10.6 Å². The lowest BCUT2D eigenvalue weighted by Gasteiger charge is -2.32. The molecule has 146 valence electrons. The molecule has 3 rings (SSSR count). The van der Waals surface area contributed by atoms with Crippen LogP contribution in [0.5, 0.6) is 0 Å². The van der Waals surface area contributed by atoms with E-state index in [1.54, 1.807) is 19.1 Å². The molecule has 1 aromatic carbocycles. The first-order chi connectivity index (χ1) is 12.7. The summed E-state index contributed by atoms with van der Waals surface area (Å²) in [6.45, 7) is 5.31. The van der Waals surface area contributed by atoms with Gasteiger partial charge in [-0.15, -0.1) is 0 Å². The van der Waals surface area contributed by atoms with Gasteiger partial charge in [0.2, 0.25) is 5.95 Å². The van der Waals surface area contributed by atoms with Crippen molar-refractivity contribution in [1.29, 1.82) is 0 Å². The highest BCUT2D eigenvalue weighted by Gasteiger charge is 2.28. The number of aryl methyl sites for hydroxylation is 2. The number of rotatable bonds is 3. The van der Waals surface area contributed by atoms with Crippen molar-refractivity contribution in [2.75, 3.05) is 36.6 Å². The van der Waals surface area contributed by atoms with Crippen molar-refractivity contribution in [3.8, 4) is 0 Å². The van der Waals surface area contributed by atoms with E-state index in [4.69, 9.17) is 22.1 Å². The van der Waals surface area contributed by atoms with Gasteiger partial charge in [-0.3, -0.25) is 0 Å². The normalized spacial score (nSPS) is 18.4. The molecule has 7 nitrogen and oxygen atoms in total. The fourth-order valence-corrected chi connectivity index (χ4v) is 4.22. The maximum atomic E-state index is 12.1. The molecule has 2 aromatic rings. The summed E-state index contributed by atoms with van der Waals surface area (Å²) in [6, 6.07) is 4.80. The number of sulfone groups is 1. The van der Waals surface area contributed by atoms with Gasteiger partial charge >= 0.3 is 0 Å². The standard InChI is InChI=1S/C18H23ClN4O3S/c1-11-7-13(27(3,24)25)9-14(17(11)19)15-10-26-6-4-5-23(15)16-8-12(2)21-18(20)22-16/h7-9,15H,4-6,10H2,1-3H3,(H2,20,21,22). The highest BCUT2D eigenvalue weighted by atomic mass is 35.5. The molecule has 0 bridgehead atoms. The highest BCUT2D eigenvalue weighted by Crippen LogP contribution is 2.36. The first-order valence-electron chi connectivity index (χ1n) is 8.62. The third-order valence-corrected chi connectivity index (χ3v) is 6.14. The highest BCUT2D eigenvalue weighted by molar-refractivity contribution is 7.90. The zero-order valence-electron chi connectivity index (χ0n) is 15.6. The molecule has 0 spiro atoms. The monoisotopic (exact) mass is 410 g/mol. The Morgan fingerprint density at radius 3 is 2.67 bits per heavy atom. The van der Waals surface area contributed by atoms with Gasteiger partial charge in [-0.25, -0.2) is 13.4 Å². The molecule has 0 saturated carbocycles. The predicted octanol–water partition coefficient (Wildman–Crippen LogP) is 2.70. The molecule has 0 radical (unpaired) electrons. The van der Waals surface area contributed by atoms with E-state index in [0.717, 1.165) is 12.1 Å². The number of nitrogen functional groups attached to an aromatic ring is 1. The maximum absolute atomic E-state index is 12.1. The van der Waals surface area contributed by atoms with Crippen LogP contribution in [0.25, 0.3) is 0 Å². The van der Waals surface area contributed by atoms with Gasteiger partial charge in [-0.2, -0.15) is 4.98 Å². The van der Waals surface area contributed by atoms with Crippen molar-refractivity contribution in [3.05, 3.63) is 40.0 Å². The summed E-state index contributed by atoms with van der Waals surface area (Å²) in [4.78, 5) is 10.8. The van der Waals surface area contributed by atoms with Crippen molar-refractivity contribution in [2.24, 2.45) is 0 Å². The van der Waals surface area contributed by atoms with Crippen LogP contribution in [0.1, 0.15) is 29.3 Å². The molecule has 1 aliphatic rings. The van der Waals surface area contributed by atoms with Crippen LogP contribution in [0.15, 0.2) is 23.1 Å². The van der Waals surface area contributed by atoms with Gasteiger partial charge < -0.3 is 15.4 Å². The zero-order valence-corrected chi connectivity index (χ0v) is 17.1. The summed E-state index contributed by atoms with van der Waals surface area (Å²) in [5.41, 5.74) is 8.01. The number of benzene rings is 1. The lowest BCUT2D eigenvalue weighted by molar-refractivity contribution is 0.134. The zero-order chi connectivity index (χ0) is 19.8. The number of halogens is 1. The van der Waals surface area contributed by atoms with E-state index >= 15 is 0 Å². The number of nitrogens with two attached hydrogens (primary N) is 1. The van der Waals surface area contributed by atoms with Crippen LogP contribution in [-0.2, 0) is 14.6 Å². The van der Waals surface area contributed by atoms with Crippen molar-refractivity contribution < 1.29 is 13.2 Å². The number of hydrogen-bond donors (Lipinski definition) is 1. The van der Waals surface area contributed by atoms with E-state index in [9.17, 15) is 8.42 Å². The molecular formula is C18H23ClN4O3S. The van der Waals surface area contributed by atoms with E-state index in [1.165, 1.54) is 6.26 Å². The first kappa shape index (κ1) is 19.9. The van der Waals surface area contributed by atoms with Crippen molar-refractivity contribution in [2.45, 2.75) is 31.2 Å². The predicted molar refractivity (Wildman–Crippen MR) is 106 cm³/mol. The molecule has 1 fully saturated rings. The molecule has 27 heavy (non-hydrogen) atoms. The average molecular weight is 411 g/mol. The first-order valence-corrected chi connectivity index (χ1v) is 10.9. The molecule has 1 atom stereocenters. The third kappa shape index (κ3) is 4.34. The van der Waals surface area contributed by atoms with E-state index in [0.29, 0.717) is 41.7 Å². The molecule has 1 unspecified atom stereocenters. The summed E-state index contributed by atoms with van der Waals surface area (Å²) in [5.74, 6) is 0.870. The van der Waals surface area contributed by atoms with Crippen LogP contribution in [0.3, 0.4) is 0 Å². The quantitative estimate of drug-likeness (QED) is 0.830. The Morgan fingerprint density at radius 2 is 2.00 bits per heavy atom. The summed E-state index contributed by atoms with van der Waals surface area (Å²) < 4.78 is 30.0. The number of hydrogen-bond acceptors (Lipinski definition) is 7. The number of aromatic nitrogens is 2. The lowest BCUT2D eigenvalue weighted by Crippen LogP contribution is -2.32. The van der Waals surface area contributed by atoms with Crippen LogP contribution >= 0.6 is 11.6 Å². The number of nitrogens with zero attached hydrogens (tertiary/aromatic N) is 3. The van der Waals surface area contributed by atoms with Gasteiger partial charge in [0.05, 0.1) is 17.5 Å². The molecule has 2 N–H and O–H groups in total. The topological polar surface area (TPSA) is 98.4 Å². The minimum Gasteiger partial charge on any atom is -0.379 e. The third-order valence-electron chi connectivity index (χ3n) is 4.54. The molecule has 1 aliphatic heterocycles. The Kier molecular flexibility index (Phi) is 5.60. The van der Waals surface area contributed by atoms with Crippen molar-refractivity contribution in [1.82, 2.24) is 9.97 Å². The molecule has 1 saturated heterocycles. The molecule has 1 aromatic heterocycles. The van der Waals surface area contributed by atoms with Gasteiger partial charge in [0, 0.05) is 36.2 Å². The van der Waals surface area contributed by atoms with E-state index in [1.807, 2.05) is 13.0 Å². The smallest absolute Gasteiger partial charge is 0.222 e. The molecular weight excluding hydrogens is 388 g/mol. The van der Waals surface area contributed by atoms with Crippen LogP contribution in [0.2, 0.25) is 5.02 Å².